The van der Waals surface area contributed by atoms with Crippen LogP contribution in [-0.4, -0.2) is 30.2 Å². The summed E-state index contributed by atoms with van der Waals surface area (Å²) in [5.74, 6) is -0.0410. The molecule has 0 aliphatic rings. The van der Waals surface area contributed by atoms with Crippen molar-refractivity contribution in [1.29, 1.82) is 0 Å². The number of esters is 1. The fourth-order valence-electron chi connectivity index (χ4n) is 3.39. The molecule has 174 valence electrons. The van der Waals surface area contributed by atoms with Crippen molar-refractivity contribution in [3.05, 3.63) is 82.3 Å². The number of nitrogens with zero attached hydrogens (tertiary/aromatic N) is 1. The van der Waals surface area contributed by atoms with E-state index in [-0.39, 0.29) is 20.1 Å². The highest BCUT2D eigenvalue weighted by Crippen LogP contribution is 2.29. The van der Waals surface area contributed by atoms with E-state index in [4.69, 9.17) is 9.47 Å². The van der Waals surface area contributed by atoms with Gasteiger partial charge in [-0.3, -0.25) is 14.4 Å². The van der Waals surface area contributed by atoms with Gasteiger partial charge in [0.05, 0.1) is 25.0 Å². The van der Waals surface area contributed by atoms with Crippen molar-refractivity contribution in [1.82, 2.24) is 4.57 Å². The number of benzene rings is 2. The number of methoxy groups -OCH3 is 1. The molecule has 3 rings (SSSR count). The van der Waals surface area contributed by atoms with Gasteiger partial charge in [0.1, 0.15) is 12.3 Å². The van der Waals surface area contributed by atoms with Gasteiger partial charge in [0.15, 0.2) is 0 Å². The highest BCUT2D eigenvalue weighted by molar-refractivity contribution is 6.06. The predicted octanol–water partition coefficient (Wildman–Crippen LogP) is 4.71. The monoisotopic (exact) mass is 450 g/mol. The Labute approximate surface area is 194 Å². The van der Waals surface area contributed by atoms with Crippen LogP contribution in [0.4, 0.5) is 5.69 Å². The van der Waals surface area contributed by atoms with Crippen LogP contribution in [-0.2, 0) is 16.1 Å². The quantitative estimate of drug-likeness (QED) is 0.502. The Morgan fingerprint density at radius 1 is 1.03 bits per heavy atom. The summed E-state index contributed by atoms with van der Waals surface area (Å²) in [4.78, 5) is 36.7. The normalized spacial score (nSPS) is 10.7. The van der Waals surface area contributed by atoms with Crippen molar-refractivity contribution in [2.75, 3.05) is 19.0 Å². The summed E-state index contributed by atoms with van der Waals surface area (Å²) < 4.78 is 11.5. The average molecular weight is 451 g/mol. The molecule has 1 N–H and O–H groups in total. The molecule has 0 spiro atoms. The van der Waals surface area contributed by atoms with Crippen molar-refractivity contribution >= 4 is 17.6 Å². The van der Waals surface area contributed by atoms with E-state index in [0.717, 1.165) is 11.1 Å². The molecule has 2 aromatic carbocycles. The van der Waals surface area contributed by atoms with Crippen molar-refractivity contribution in [3.63, 3.8) is 0 Å². The maximum Gasteiger partial charge on any atom is 0.326 e. The first-order valence-corrected chi connectivity index (χ1v) is 10.8. The Kier molecular flexibility index (Phi) is 7.66. The van der Waals surface area contributed by atoms with Gasteiger partial charge >= 0.3 is 5.97 Å². The molecule has 1 heterocycles. The molecule has 7 nitrogen and oxygen atoms in total. The fourth-order valence-corrected chi connectivity index (χ4v) is 3.39. The van der Waals surface area contributed by atoms with E-state index < -0.39 is 11.9 Å². The van der Waals surface area contributed by atoms with Gasteiger partial charge in [0.2, 0.25) is 0 Å². The van der Waals surface area contributed by atoms with Gasteiger partial charge < -0.3 is 19.4 Å². The summed E-state index contributed by atoms with van der Waals surface area (Å²) in [5, 5.41) is 2.75. The van der Waals surface area contributed by atoms with Crippen LogP contribution in [0.25, 0.3) is 11.1 Å². The highest BCUT2D eigenvalue weighted by Gasteiger charge is 2.15. The Morgan fingerprint density at radius 3 is 2.36 bits per heavy atom. The average Bonchev–Trinajstić information content (AvgIpc) is 2.81. The van der Waals surface area contributed by atoms with E-state index in [0.29, 0.717) is 22.9 Å². The molecule has 0 bridgehead atoms. The predicted molar refractivity (Wildman–Crippen MR) is 130 cm³/mol. The number of nitrogens with one attached hydrogen (secondary N) is 1. The van der Waals surface area contributed by atoms with Crippen molar-refractivity contribution in [3.8, 4) is 16.9 Å². The third-order valence-corrected chi connectivity index (χ3v) is 5.20. The highest BCUT2D eigenvalue weighted by atomic mass is 16.5. The van der Waals surface area contributed by atoms with Crippen molar-refractivity contribution in [2.24, 2.45) is 0 Å². The van der Waals surface area contributed by atoms with Crippen LogP contribution in [0.1, 0.15) is 44.0 Å². The van der Waals surface area contributed by atoms with Gasteiger partial charge in [-0.15, -0.1) is 0 Å². The molecular weight excluding hydrogens is 420 g/mol. The second kappa shape index (κ2) is 10.6. The molecule has 0 aliphatic heterocycles. The lowest BCUT2D eigenvalue weighted by molar-refractivity contribution is -0.143. The molecule has 3 aromatic rings. The van der Waals surface area contributed by atoms with E-state index in [2.05, 4.69) is 43.4 Å². The first-order valence-electron chi connectivity index (χ1n) is 10.8. The zero-order chi connectivity index (χ0) is 24.0. The van der Waals surface area contributed by atoms with Gasteiger partial charge in [-0.05, 0) is 47.7 Å². The maximum atomic E-state index is 12.9. The van der Waals surface area contributed by atoms with Crippen molar-refractivity contribution < 1.29 is 20.5 Å². The van der Waals surface area contributed by atoms with E-state index in [1.54, 1.807) is 13.0 Å². The molecule has 0 unspecified atom stereocenters. The standard InChI is InChI=1S/C26H28N2O5.H2/c1-5-33-25(30)16-28-15-21(11-13-24(28)29)27-26(31)22-12-10-20(14-23(22)32-4)19-8-6-18(7-9-19)17(2)3;/h6-15,17H,5,16H2,1-4H3,(H,27,31);1H. The summed E-state index contributed by atoms with van der Waals surface area (Å²) in [6, 6.07) is 16.5. The molecule has 0 saturated heterocycles. The Hall–Kier alpha value is -3.87. The third kappa shape index (κ3) is 5.88. The first-order chi connectivity index (χ1) is 15.8. The summed E-state index contributed by atoms with van der Waals surface area (Å²) in [6.07, 6.45) is 1.41. The number of aromatic nitrogens is 1. The molecule has 7 heteroatoms. The van der Waals surface area contributed by atoms with E-state index in [1.165, 1.54) is 35.6 Å². The van der Waals surface area contributed by atoms with Crippen LogP contribution in [0.5, 0.6) is 5.75 Å². The van der Waals surface area contributed by atoms with Gasteiger partial charge in [-0.1, -0.05) is 44.2 Å². The van der Waals surface area contributed by atoms with Crippen LogP contribution >= 0.6 is 0 Å². The van der Waals surface area contributed by atoms with Gasteiger partial charge in [0, 0.05) is 13.7 Å². The second-order valence-corrected chi connectivity index (χ2v) is 7.83. The molecule has 0 radical (unpaired) electrons. The number of rotatable bonds is 8. The van der Waals surface area contributed by atoms with Gasteiger partial charge in [0.25, 0.3) is 11.5 Å². The summed E-state index contributed by atoms with van der Waals surface area (Å²) in [5.41, 5.74) is 3.57. The van der Waals surface area contributed by atoms with Crippen LogP contribution in [0.2, 0.25) is 0 Å². The molecule has 0 atom stereocenters. The van der Waals surface area contributed by atoms with Crippen molar-refractivity contribution in [2.45, 2.75) is 33.2 Å². The van der Waals surface area contributed by atoms with E-state index in [9.17, 15) is 14.4 Å². The number of carbonyl (C=O) groups excluding carboxylic acids is 2. The minimum absolute atomic E-state index is 0. The third-order valence-electron chi connectivity index (χ3n) is 5.20. The Bertz CT molecular complexity index is 1200. The number of hydrogen-bond donors (Lipinski definition) is 1. The zero-order valence-electron chi connectivity index (χ0n) is 19.3. The number of anilines is 1. The lowest BCUT2D eigenvalue weighted by Crippen LogP contribution is -2.25. The fraction of sp³-hybridized carbons (Fsp3) is 0.269. The maximum absolute atomic E-state index is 12.9. The Morgan fingerprint density at radius 2 is 1.73 bits per heavy atom. The number of ether oxygens (including phenoxy) is 2. The number of amides is 1. The number of hydrogen-bond acceptors (Lipinski definition) is 5. The smallest absolute Gasteiger partial charge is 0.326 e. The zero-order valence-corrected chi connectivity index (χ0v) is 19.3. The summed E-state index contributed by atoms with van der Waals surface area (Å²) >= 11 is 0. The summed E-state index contributed by atoms with van der Waals surface area (Å²) in [7, 11) is 1.51. The second-order valence-electron chi connectivity index (χ2n) is 7.83. The molecular formula is C26H30N2O5. The van der Waals surface area contributed by atoms with Crippen LogP contribution in [0, 0.1) is 0 Å². The molecule has 0 aliphatic carbocycles. The minimum Gasteiger partial charge on any atom is -0.496 e. The summed E-state index contributed by atoms with van der Waals surface area (Å²) in [6.45, 7) is 5.98. The molecule has 0 fully saturated rings. The molecule has 33 heavy (non-hydrogen) atoms. The molecule has 1 amide bonds. The van der Waals surface area contributed by atoms with Gasteiger partial charge in [-0.2, -0.15) is 0 Å². The van der Waals surface area contributed by atoms with Crippen LogP contribution in [0.3, 0.4) is 0 Å². The lowest BCUT2D eigenvalue weighted by Gasteiger charge is -2.13. The molecule has 0 saturated carbocycles. The number of pyridine rings is 1. The van der Waals surface area contributed by atoms with E-state index in [1.807, 2.05) is 12.1 Å². The van der Waals surface area contributed by atoms with E-state index >= 15 is 0 Å². The lowest BCUT2D eigenvalue weighted by atomic mass is 9.98. The largest absolute Gasteiger partial charge is 0.496 e. The van der Waals surface area contributed by atoms with Gasteiger partial charge in [-0.25, -0.2) is 0 Å². The topological polar surface area (TPSA) is 86.6 Å². The first kappa shape index (κ1) is 23.8. The molecule has 1 aromatic heterocycles. The van der Waals surface area contributed by atoms with Crippen LogP contribution in [0.15, 0.2) is 65.6 Å². The Balaban J connectivity index is 0.00000408. The minimum atomic E-state index is -0.526. The SMILES string of the molecule is CCOC(=O)Cn1cc(NC(=O)c2ccc(-c3ccc(C(C)C)cc3)cc2OC)ccc1=O.[HH]. The van der Waals surface area contributed by atoms with Crippen LogP contribution < -0.4 is 15.6 Å². The number of carbonyl (C=O) groups is 2.